The summed E-state index contributed by atoms with van der Waals surface area (Å²) in [5, 5.41) is 9.53. The molecular weight excluding hydrogens is 493 g/mol. The average molecular weight is 524 g/mol. The molecule has 0 saturated carbocycles. The number of carbonyl (C=O) groups is 2. The van der Waals surface area contributed by atoms with Crippen LogP contribution >= 0.6 is 11.6 Å². The third kappa shape index (κ3) is 6.31. The monoisotopic (exact) mass is 523 g/mol. The van der Waals surface area contributed by atoms with Gasteiger partial charge in [0, 0.05) is 24.9 Å². The van der Waals surface area contributed by atoms with Gasteiger partial charge in [-0.25, -0.2) is 4.39 Å². The van der Waals surface area contributed by atoms with Crippen molar-refractivity contribution in [2.45, 2.75) is 58.1 Å². The Hall–Kier alpha value is -3.38. The maximum Gasteiger partial charge on any atom is 0.323 e. The van der Waals surface area contributed by atoms with Gasteiger partial charge in [0.2, 0.25) is 0 Å². The third-order valence-corrected chi connectivity index (χ3v) is 6.89. The molecule has 5 nitrogen and oxygen atoms in total. The second-order valence-electron chi connectivity index (χ2n) is 11.0. The van der Waals surface area contributed by atoms with Crippen molar-refractivity contribution in [1.82, 2.24) is 4.90 Å². The van der Waals surface area contributed by atoms with Gasteiger partial charge in [-0.15, -0.1) is 0 Å². The molecule has 1 aliphatic heterocycles. The topological polar surface area (TPSA) is 66.8 Å². The Balaban J connectivity index is 1.51. The zero-order valence-corrected chi connectivity index (χ0v) is 22.2. The molecule has 0 saturated heterocycles. The Bertz CT molecular complexity index is 1330. The van der Waals surface area contributed by atoms with E-state index in [1.807, 2.05) is 31.2 Å². The van der Waals surface area contributed by atoms with E-state index in [4.69, 9.17) is 16.3 Å². The first-order valence-corrected chi connectivity index (χ1v) is 12.6. The fourth-order valence-electron chi connectivity index (χ4n) is 4.71. The molecule has 0 spiro atoms. The highest BCUT2D eigenvalue weighted by atomic mass is 35.5. The molecule has 1 atom stereocenters. The van der Waals surface area contributed by atoms with E-state index in [-0.39, 0.29) is 22.9 Å². The zero-order chi connectivity index (χ0) is 27.0. The highest BCUT2D eigenvalue weighted by Gasteiger charge is 2.36. The normalized spacial score (nSPS) is 16.7. The maximum atomic E-state index is 13.6. The number of aliphatic carboxylic acids is 1. The predicted molar refractivity (Wildman–Crippen MR) is 142 cm³/mol. The summed E-state index contributed by atoms with van der Waals surface area (Å²) in [4.78, 5) is 26.3. The Morgan fingerprint density at radius 3 is 2.35 bits per heavy atom. The number of rotatable bonds is 7. The van der Waals surface area contributed by atoms with Gasteiger partial charge < -0.3 is 14.7 Å². The van der Waals surface area contributed by atoms with Crippen LogP contribution in [0, 0.1) is 5.82 Å². The molecule has 194 valence electrons. The van der Waals surface area contributed by atoms with Crippen LogP contribution < -0.4 is 4.74 Å². The summed E-state index contributed by atoms with van der Waals surface area (Å²) < 4.78 is 19.8. The molecule has 0 fully saturated rings. The lowest BCUT2D eigenvalue weighted by Gasteiger charge is -2.24. The van der Waals surface area contributed by atoms with E-state index in [2.05, 4.69) is 20.8 Å². The van der Waals surface area contributed by atoms with Gasteiger partial charge in [-0.3, -0.25) is 9.59 Å². The molecular formula is C30H31ClFNO4. The third-order valence-electron chi connectivity index (χ3n) is 6.60. The number of hydrogen-bond donors (Lipinski definition) is 1. The highest BCUT2D eigenvalue weighted by molar-refractivity contribution is 6.30. The van der Waals surface area contributed by atoms with Gasteiger partial charge in [-0.05, 0) is 64.9 Å². The van der Waals surface area contributed by atoms with Crippen LogP contribution in [0.25, 0.3) is 0 Å². The molecule has 0 unspecified atom stereocenters. The zero-order valence-electron chi connectivity index (χ0n) is 21.5. The molecule has 1 aliphatic rings. The summed E-state index contributed by atoms with van der Waals surface area (Å²) in [6.45, 7) is 8.12. The van der Waals surface area contributed by atoms with Crippen LogP contribution in [0.3, 0.4) is 0 Å². The molecule has 3 aromatic carbocycles. The number of amides is 1. The van der Waals surface area contributed by atoms with Crippen LogP contribution in [0.4, 0.5) is 4.39 Å². The van der Waals surface area contributed by atoms with Crippen LogP contribution in [0.5, 0.6) is 5.75 Å². The number of hydrogen-bond acceptors (Lipinski definition) is 3. The van der Waals surface area contributed by atoms with Crippen molar-refractivity contribution in [2.75, 3.05) is 6.54 Å². The van der Waals surface area contributed by atoms with Crippen molar-refractivity contribution in [3.05, 3.63) is 99.3 Å². The summed E-state index contributed by atoms with van der Waals surface area (Å²) >= 11 is 5.94. The minimum atomic E-state index is -1.07. The first kappa shape index (κ1) is 26.7. The lowest BCUT2D eigenvalue weighted by Crippen LogP contribution is -2.35. The van der Waals surface area contributed by atoms with Gasteiger partial charge in [0.05, 0.1) is 5.02 Å². The van der Waals surface area contributed by atoms with Crippen LogP contribution in [0.1, 0.15) is 60.3 Å². The minimum Gasteiger partial charge on any atom is -0.487 e. The summed E-state index contributed by atoms with van der Waals surface area (Å²) in [6, 6.07) is 17.7. The molecule has 0 aliphatic carbocycles. The number of ether oxygens (including phenoxy) is 1. The Morgan fingerprint density at radius 1 is 1.05 bits per heavy atom. The van der Waals surface area contributed by atoms with Crippen LogP contribution in [0.2, 0.25) is 5.02 Å². The van der Waals surface area contributed by atoms with E-state index in [0.29, 0.717) is 24.2 Å². The second-order valence-corrected chi connectivity index (χ2v) is 11.4. The van der Waals surface area contributed by atoms with Crippen molar-refractivity contribution in [2.24, 2.45) is 0 Å². The average Bonchev–Trinajstić information content (AvgIpc) is 3.15. The number of carboxylic acid groups (broad SMARTS) is 1. The summed E-state index contributed by atoms with van der Waals surface area (Å²) in [5.74, 6) is -1.22. The standard InChI is InChI=1S/C30H31ClFNO4/c1-29(2,3)23-9-5-19(6-10-23)17-33(18-27(34)35)28(36)21-8-12-26-22(14-21)16-30(4,37-26)15-20-7-11-25(32)24(31)13-20/h5-14H,15-18H2,1-4H3,(H,34,35)/t30-/m0/s1. The molecule has 4 rings (SSSR count). The van der Waals surface area contributed by atoms with Crippen molar-refractivity contribution >= 4 is 23.5 Å². The first-order chi connectivity index (χ1) is 17.3. The molecule has 0 aromatic heterocycles. The van der Waals surface area contributed by atoms with Crippen molar-refractivity contribution in [3.8, 4) is 5.75 Å². The van der Waals surface area contributed by atoms with Crippen LogP contribution in [-0.2, 0) is 29.6 Å². The van der Waals surface area contributed by atoms with E-state index < -0.39 is 23.9 Å². The highest BCUT2D eigenvalue weighted by Crippen LogP contribution is 2.38. The quantitative estimate of drug-likeness (QED) is 0.387. The summed E-state index contributed by atoms with van der Waals surface area (Å²) in [6.07, 6.45) is 1.06. The summed E-state index contributed by atoms with van der Waals surface area (Å²) in [5.41, 5.74) is 3.56. The fraction of sp³-hybridized carbons (Fsp3) is 0.333. The van der Waals surface area contributed by atoms with Gasteiger partial charge in [0.25, 0.3) is 5.91 Å². The molecule has 3 aromatic rings. The number of carbonyl (C=O) groups excluding carboxylic acids is 1. The van der Waals surface area contributed by atoms with E-state index in [1.54, 1.807) is 30.3 Å². The van der Waals surface area contributed by atoms with Gasteiger partial charge in [0.1, 0.15) is 23.7 Å². The largest absolute Gasteiger partial charge is 0.487 e. The van der Waals surface area contributed by atoms with E-state index >= 15 is 0 Å². The molecule has 0 bridgehead atoms. The molecule has 37 heavy (non-hydrogen) atoms. The van der Waals surface area contributed by atoms with Crippen LogP contribution in [0.15, 0.2) is 60.7 Å². The number of halogens is 2. The molecule has 1 amide bonds. The van der Waals surface area contributed by atoms with Gasteiger partial charge in [-0.1, -0.05) is 62.7 Å². The van der Waals surface area contributed by atoms with E-state index in [1.165, 1.54) is 11.0 Å². The molecule has 7 heteroatoms. The molecule has 0 radical (unpaired) electrons. The smallest absolute Gasteiger partial charge is 0.323 e. The number of benzene rings is 3. The lowest BCUT2D eigenvalue weighted by atomic mass is 9.87. The SMILES string of the molecule is CC(C)(C)c1ccc(CN(CC(=O)O)C(=O)c2ccc3c(c2)C[C@](C)(Cc2ccc(F)c(Cl)c2)O3)cc1. The Labute approximate surface area is 221 Å². The maximum absolute atomic E-state index is 13.6. The first-order valence-electron chi connectivity index (χ1n) is 12.2. The number of carboxylic acids is 1. The van der Waals surface area contributed by atoms with E-state index in [0.717, 1.165) is 22.3 Å². The van der Waals surface area contributed by atoms with Gasteiger partial charge >= 0.3 is 5.97 Å². The Morgan fingerprint density at radius 2 is 1.73 bits per heavy atom. The second kappa shape index (κ2) is 10.2. The predicted octanol–water partition coefficient (Wildman–Crippen LogP) is 6.44. The number of fused-ring (bicyclic) bond motifs is 1. The van der Waals surface area contributed by atoms with Crippen LogP contribution in [-0.4, -0.2) is 34.0 Å². The van der Waals surface area contributed by atoms with Crippen molar-refractivity contribution < 1.29 is 23.8 Å². The van der Waals surface area contributed by atoms with Crippen molar-refractivity contribution in [1.29, 1.82) is 0 Å². The van der Waals surface area contributed by atoms with Gasteiger partial charge in [-0.2, -0.15) is 0 Å². The minimum absolute atomic E-state index is 0.000943. The van der Waals surface area contributed by atoms with E-state index in [9.17, 15) is 19.1 Å². The molecule has 1 heterocycles. The fourth-order valence-corrected chi connectivity index (χ4v) is 4.91. The molecule has 1 N–H and O–H groups in total. The van der Waals surface area contributed by atoms with Gasteiger partial charge in [0.15, 0.2) is 0 Å². The Kier molecular flexibility index (Phi) is 7.33. The number of nitrogens with zero attached hydrogens (tertiary/aromatic N) is 1. The lowest BCUT2D eigenvalue weighted by molar-refractivity contribution is -0.137. The summed E-state index contributed by atoms with van der Waals surface area (Å²) in [7, 11) is 0. The van der Waals surface area contributed by atoms with Crippen molar-refractivity contribution in [3.63, 3.8) is 0 Å².